The Morgan fingerprint density at radius 1 is 1.10 bits per heavy atom. The maximum Gasteiger partial charge on any atom is 0.244 e. The minimum atomic E-state index is -0.372. The number of pyridine rings is 1. The van der Waals surface area contributed by atoms with E-state index in [1.54, 1.807) is 18.3 Å². The van der Waals surface area contributed by atoms with Gasteiger partial charge in [-0.1, -0.05) is 12.2 Å². The van der Waals surface area contributed by atoms with Gasteiger partial charge in [0.25, 0.3) is 0 Å². The molecular weight excluding hydrogens is 384 g/mol. The van der Waals surface area contributed by atoms with Crippen molar-refractivity contribution in [3.63, 3.8) is 0 Å². The van der Waals surface area contributed by atoms with E-state index in [0.717, 1.165) is 6.42 Å². The molecule has 7 rings (SSSR count). The van der Waals surface area contributed by atoms with Gasteiger partial charge in [-0.2, -0.15) is 0 Å². The molecule has 1 N–H and O–H groups in total. The molecule has 2 bridgehead atoms. The van der Waals surface area contributed by atoms with Crippen LogP contribution in [0.5, 0.6) is 0 Å². The number of morpholine rings is 1. The molecule has 3 amide bonds. The van der Waals surface area contributed by atoms with Crippen molar-refractivity contribution in [1.29, 1.82) is 0 Å². The summed E-state index contributed by atoms with van der Waals surface area (Å²) in [6.45, 7) is 2.38. The highest BCUT2D eigenvalue weighted by atomic mass is 16.5. The predicted octanol–water partition coefficient (Wildman–Crippen LogP) is 0.910. The molecule has 0 unspecified atom stereocenters. The summed E-state index contributed by atoms with van der Waals surface area (Å²) < 4.78 is 5.39. The fourth-order valence-corrected chi connectivity index (χ4v) is 6.03. The third-order valence-electron chi connectivity index (χ3n) is 7.43. The average molecular weight is 408 g/mol. The Bertz CT molecular complexity index is 920. The lowest BCUT2D eigenvalue weighted by molar-refractivity contribution is -0.142. The standard InChI is InChI=1S/C22H24N4O4/c27-17(24-16-2-1-5-23-20(16)25-6-8-30-9-7-25)11-26-21(28)18-12-3-4-13(15-10-14(12)15)19(18)22(26)29/h1-5,12-15,18-19H,6-11H2,(H,24,27)/t12-,13-,14-,15-,18-,19+/m0/s1. The molecule has 2 saturated heterocycles. The molecule has 6 aliphatic rings. The molecule has 0 radical (unpaired) electrons. The van der Waals surface area contributed by atoms with Crippen LogP contribution in [-0.4, -0.2) is 60.5 Å². The van der Waals surface area contributed by atoms with Crippen molar-refractivity contribution < 1.29 is 19.1 Å². The molecule has 3 heterocycles. The Labute approximate surface area is 174 Å². The van der Waals surface area contributed by atoms with Gasteiger partial charge in [0.2, 0.25) is 17.7 Å². The van der Waals surface area contributed by atoms with E-state index in [2.05, 4.69) is 27.4 Å². The molecule has 156 valence electrons. The minimum absolute atomic E-state index is 0.167. The molecule has 30 heavy (non-hydrogen) atoms. The number of nitrogens with zero attached hydrogens (tertiary/aromatic N) is 3. The molecule has 8 heteroatoms. The zero-order valence-corrected chi connectivity index (χ0v) is 16.6. The first-order valence-electron chi connectivity index (χ1n) is 10.7. The van der Waals surface area contributed by atoms with Crippen LogP contribution in [-0.2, 0) is 19.1 Å². The summed E-state index contributed by atoms with van der Waals surface area (Å²) in [5.41, 5.74) is 0.587. The first-order valence-corrected chi connectivity index (χ1v) is 10.7. The maximum absolute atomic E-state index is 13.1. The second-order valence-corrected chi connectivity index (χ2v) is 8.94. The van der Waals surface area contributed by atoms with Gasteiger partial charge in [-0.3, -0.25) is 19.3 Å². The molecule has 6 atom stereocenters. The zero-order valence-electron chi connectivity index (χ0n) is 16.6. The summed E-state index contributed by atoms with van der Waals surface area (Å²) in [6, 6.07) is 3.55. The van der Waals surface area contributed by atoms with Gasteiger partial charge in [-0.15, -0.1) is 0 Å². The minimum Gasteiger partial charge on any atom is -0.378 e. The lowest BCUT2D eigenvalue weighted by Crippen LogP contribution is -2.40. The molecule has 1 aromatic heterocycles. The van der Waals surface area contributed by atoms with E-state index in [4.69, 9.17) is 4.74 Å². The Balaban J connectivity index is 1.18. The lowest BCUT2D eigenvalue weighted by atomic mass is 9.63. The normalized spacial score (nSPS) is 36.0. The summed E-state index contributed by atoms with van der Waals surface area (Å²) in [4.78, 5) is 46.6. The second-order valence-electron chi connectivity index (χ2n) is 8.94. The highest BCUT2D eigenvalue weighted by molar-refractivity contribution is 6.09. The van der Waals surface area contributed by atoms with Crippen LogP contribution >= 0.6 is 0 Å². The van der Waals surface area contributed by atoms with Gasteiger partial charge >= 0.3 is 0 Å². The highest BCUT2D eigenvalue weighted by Crippen LogP contribution is 2.65. The van der Waals surface area contributed by atoms with Gasteiger partial charge in [0.1, 0.15) is 6.54 Å². The number of likely N-dealkylation sites (tertiary alicyclic amines) is 1. The average Bonchev–Trinajstić information content (AvgIpc) is 3.56. The lowest BCUT2D eigenvalue weighted by Gasteiger charge is -2.37. The van der Waals surface area contributed by atoms with E-state index in [1.165, 1.54) is 4.90 Å². The molecule has 2 saturated carbocycles. The fourth-order valence-electron chi connectivity index (χ4n) is 6.03. The molecular formula is C22H24N4O4. The predicted molar refractivity (Wildman–Crippen MR) is 107 cm³/mol. The van der Waals surface area contributed by atoms with Gasteiger partial charge < -0.3 is 15.0 Å². The number of hydrogen-bond donors (Lipinski definition) is 1. The molecule has 4 fully saturated rings. The highest BCUT2D eigenvalue weighted by Gasteiger charge is 2.67. The zero-order chi connectivity index (χ0) is 20.4. The van der Waals surface area contributed by atoms with E-state index < -0.39 is 0 Å². The van der Waals surface area contributed by atoms with Crippen LogP contribution in [0.4, 0.5) is 11.5 Å². The topological polar surface area (TPSA) is 91.8 Å². The Hall–Kier alpha value is -2.74. The largest absolute Gasteiger partial charge is 0.378 e. The van der Waals surface area contributed by atoms with Crippen LogP contribution < -0.4 is 10.2 Å². The number of amides is 3. The molecule has 8 nitrogen and oxygen atoms in total. The summed E-state index contributed by atoms with van der Waals surface area (Å²) in [7, 11) is 0. The van der Waals surface area contributed by atoms with Crippen molar-refractivity contribution >= 4 is 29.2 Å². The van der Waals surface area contributed by atoms with Crippen LogP contribution in [0.25, 0.3) is 0 Å². The van der Waals surface area contributed by atoms with Crippen molar-refractivity contribution in [2.45, 2.75) is 6.42 Å². The van der Waals surface area contributed by atoms with Crippen LogP contribution in [0.1, 0.15) is 6.42 Å². The third-order valence-corrected chi connectivity index (χ3v) is 7.43. The van der Waals surface area contributed by atoms with E-state index in [9.17, 15) is 14.4 Å². The number of rotatable bonds is 4. The molecule has 4 aliphatic carbocycles. The maximum atomic E-state index is 13.1. The Kier molecular flexibility index (Phi) is 3.99. The SMILES string of the molecule is O=C(CN1C(=O)[C@@H]2[C@H]3C=C[C@@H]([C@@H]4C[C@@H]34)[C@@H]2C1=O)Nc1cccnc1N1CCOCC1. The van der Waals surface area contributed by atoms with Crippen molar-refractivity contribution in [3.05, 3.63) is 30.5 Å². The van der Waals surface area contributed by atoms with E-state index in [0.29, 0.717) is 49.6 Å². The van der Waals surface area contributed by atoms with Gasteiger partial charge in [0.15, 0.2) is 5.82 Å². The third kappa shape index (κ3) is 2.62. The first kappa shape index (κ1) is 18.1. The smallest absolute Gasteiger partial charge is 0.244 e. The van der Waals surface area contributed by atoms with E-state index in [1.807, 2.05) is 0 Å². The quantitative estimate of drug-likeness (QED) is 0.588. The number of aromatic nitrogens is 1. The Morgan fingerprint density at radius 2 is 1.77 bits per heavy atom. The second kappa shape index (κ2) is 6.63. The van der Waals surface area contributed by atoms with Crippen molar-refractivity contribution in [2.24, 2.45) is 35.5 Å². The summed E-state index contributed by atoms with van der Waals surface area (Å²) in [6.07, 6.45) is 7.09. The summed E-state index contributed by atoms with van der Waals surface area (Å²) in [5, 5.41) is 2.87. The number of ether oxygens (including phenoxy) is 1. The van der Waals surface area contributed by atoms with Crippen LogP contribution in [0.3, 0.4) is 0 Å². The Morgan fingerprint density at radius 3 is 2.43 bits per heavy atom. The summed E-state index contributed by atoms with van der Waals surface area (Å²) >= 11 is 0. The number of carbonyl (C=O) groups excluding carboxylic acids is 3. The van der Waals surface area contributed by atoms with Crippen molar-refractivity contribution in [2.75, 3.05) is 43.1 Å². The molecule has 0 aromatic carbocycles. The molecule has 2 aliphatic heterocycles. The number of carbonyl (C=O) groups is 3. The van der Waals surface area contributed by atoms with Crippen molar-refractivity contribution in [1.82, 2.24) is 9.88 Å². The monoisotopic (exact) mass is 408 g/mol. The fraction of sp³-hybridized carbons (Fsp3) is 0.545. The number of hydrogen-bond acceptors (Lipinski definition) is 6. The van der Waals surface area contributed by atoms with Crippen LogP contribution in [0.2, 0.25) is 0 Å². The molecule has 0 spiro atoms. The number of anilines is 2. The number of allylic oxidation sites excluding steroid dienone is 2. The van der Waals surface area contributed by atoms with Crippen LogP contribution in [0, 0.1) is 35.5 Å². The van der Waals surface area contributed by atoms with Crippen molar-refractivity contribution in [3.8, 4) is 0 Å². The van der Waals surface area contributed by atoms with Crippen LogP contribution in [0.15, 0.2) is 30.5 Å². The molecule has 1 aromatic rings. The van der Waals surface area contributed by atoms with E-state index in [-0.39, 0.29) is 47.9 Å². The first-order chi connectivity index (χ1) is 14.6. The van der Waals surface area contributed by atoms with Gasteiger partial charge in [0.05, 0.1) is 30.7 Å². The number of imide groups is 1. The summed E-state index contributed by atoms with van der Waals surface area (Å²) in [5.74, 6) is 0.858. The van der Waals surface area contributed by atoms with Gasteiger partial charge in [-0.05, 0) is 42.2 Å². The van der Waals surface area contributed by atoms with Gasteiger partial charge in [-0.25, -0.2) is 4.98 Å². The van der Waals surface area contributed by atoms with Gasteiger partial charge in [0, 0.05) is 19.3 Å². The van der Waals surface area contributed by atoms with E-state index >= 15 is 0 Å². The number of nitrogens with one attached hydrogen (secondary N) is 1.